The van der Waals surface area contributed by atoms with Crippen LogP contribution in [0.3, 0.4) is 0 Å². The first-order chi connectivity index (χ1) is 12.3. The van der Waals surface area contributed by atoms with Crippen molar-refractivity contribution in [2.75, 3.05) is 28.6 Å². The number of amides is 1. The molecule has 0 radical (unpaired) electrons. The van der Waals surface area contributed by atoms with E-state index in [1.807, 2.05) is 24.3 Å². The number of carbonyl (C=O) groups is 1. The first kappa shape index (κ1) is 18.3. The summed E-state index contributed by atoms with van der Waals surface area (Å²) in [6.07, 6.45) is 1.39. The number of hydrogen-bond donors (Lipinski definition) is 0. The Labute approximate surface area is 150 Å². The molecule has 0 saturated heterocycles. The van der Waals surface area contributed by atoms with Gasteiger partial charge in [-0.05, 0) is 30.2 Å². The van der Waals surface area contributed by atoms with Crippen LogP contribution in [0.5, 0.6) is 0 Å². The van der Waals surface area contributed by atoms with E-state index in [4.69, 9.17) is 0 Å². The van der Waals surface area contributed by atoms with E-state index in [0.717, 1.165) is 42.1 Å². The summed E-state index contributed by atoms with van der Waals surface area (Å²) in [6.45, 7) is 0.166. The predicted molar refractivity (Wildman–Crippen MR) is 95.7 cm³/mol. The molecule has 1 heterocycles. The number of hydrogen-bond acceptors (Lipinski definition) is 3. The van der Waals surface area contributed by atoms with E-state index >= 15 is 0 Å². The second kappa shape index (κ2) is 7.03. The molecule has 0 bridgehead atoms. The van der Waals surface area contributed by atoms with E-state index in [1.165, 1.54) is 0 Å². The zero-order chi connectivity index (χ0) is 18.9. The maximum absolute atomic E-state index is 14.0. The highest BCUT2D eigenvalue weighted by Gasteiger charge is 2.28. The third-order valence-electron chi connectivity index (χ3n) is 4.30. The molecule has 0 saturated carbocycles. The summed E-state index contributed by atoms with van der Waals surface area (Å²) in [6, 6.07) is 10.6. The first-order valence-corrected chi connectivity index (χ1v) is 9.94. The molecule has 0 spiro atoms. The summed E-state index contributed by atoms with van der Waals surface area (Å²) >= 11 is 0. The number of rotatable bonds is 5. The van der Waals surface area contributed by atoms with Crippen LogP contribution in [0.25, 0.3) is 0 Å². The lowest BCUT2D eigenvalue weighted by Crippen LogP contribution is -2.37. The third kappa shape index (κ3) is 3.55. The molecule has 0 aliphatic carbocycles. The average molecular weight is 380 g/mol. The molecular weight excluding hydrogens is 362 g/mol. The van der Waals surface area contributed by atoms with Gasteiger partial charge in [0.2, 0.25) is 15.9 Å². The van der Waals surface area contributed by atoms with E-state index in [-0.39, 0.29) is 18.9 Å². The van der Waals surface area contributed by atoms with Gasteiger partial charge in [0.25, 0.3) is 0 Å². The smallest absolute Gasteiger partial charge is 0.232 e. The van der Waals surface area contributed by atoms with Gasteiger partial charge in [0, 0.05) is 25.2 Å². The Morgan fingerprint density at radius 3 is 2.42 bits per heavy atom. The van der Waals surface area contributed by atoms with Crippen LogP contribution >= 0.6 is 0 Å². The van der Waals surface area contributed by atoms with Gasteiger partial charge < -0.3 is 4.90 Å². The quantitative estimate of drug-likeness (QED) is 0.801. The topological polar surface area (TPSA) is 57.7 Å². The zero-order valence-electron chi connectivity index (χ0n) is 14.2. The summed E-state index contributed by atoms with van der Waals surface area (Å²) in [4.78, 5) is 14.1. The van der Waals surface area contributed by atoms with E-state index in [1.54, 1.807) is 4.90 Å². The Morgan fingerprint density at radius 2 is 1.77 bits per heavy atom. The minimum atomic E-state index is -3.96. The number of nitrogens with zero attached hydrogens (tertiary/aromatic N) is 2. The number of benzene rings is 2. The molecule has 5 nitrogen and oxygen atoms in total. The van der Waals surface area contributed by atoms with Gasteiger partial charge in [-0.15, -0.1) is 0 Å². The van der Waals surface area contributed by atoms with Crippen LogP contribution in [0.15, 0.2) is 42.5 Å². The van der Waals surface area contributed by atoms with Crippen LogP contribution in [-0.2, 0) is 21.2 Å². The maximum atomic E-state index is 14.0. The Kier molecular flexibility index (Phi) is 4.95. The largest absolute Gasteiger partial charge is 0.312 e. The highest BCUT2D eigenvalue weighted by Crippen LogP contribution is 2.29. The second-order valence-corrected chi connectivity index (χ2v) is 7.99. The van der Waals surface area contributed by atoms with Crippen molar-refractivity contribution < 1.29 is 22.0 Å². The van der Waals surface area contributed by atoms with Crippen LogP contribution in [0.1, 0.15) is 12.0 Å². The molecule has 8 heteroatoms. The molecule has 0 fully saturated rings. The zero-order valence-corrected chi connectivity index (χ0v) is 15.0. The highest BCUT2D eigenvalue weighted by atomic mass is 32.2. The molecule has 0 aromatic heterocycles. The normalized spacial score (nSPS) is 13.6. The lowest BCUT2D eigenvalue weighted by molar-refractivity contribution is -0.118. The van der Waals surface area contributed by atoms with Crippen molar-refractivity contribution in [1.82, 2.24) is 0 Å². The van der Waals surface area contributed by atoms with Crippen LogP contribution in [-0.4, -0.2) is 33.7 Å². The first-order valence-electron chi connectivity index (χ1n) is 8.09. The average Bonchev–Trinajstić information content (AvgIpc) is 3.00. The van der Waals surface area contributed by atoms with Crippen molar-refractivity contribution in [3.05, 3.63) is 59.7 Å². The van der Waals surface area contributed by atoms with Gasteiger partial charge in [0.1, 0.15) is 5.69 Å². The maximum Gasteiger partial charge on any atom is 0.232 e. The van der Waals surface area contributed by atoms with Gasteiger partial charge >= 0.3 is 0 Å². The van der Waals surface area contributed by atoms with Crippen molar-refractivity contribution in [3.63, 3.8) is 0 Å². The fourth-order valence-electron chi connectivity index (χ4n) is 3.10. The van der Waals surface area contributed by atoms with Gasteiger partial charge in [-0.3, -0.25) is 9.10 Å². The second-order valence-electron chi connectivity index (χ2n) is 6.08. The number of halogens is 2. The predicted octanol–water partition coefficient (Wildman–Crippen LogP) is 2.71. The van der Waals surface area contributed by atoms with Crippen LogP contribution in [0.2, 0.25) is 0 Å². The molecule has 0 N–H and O–H groups in total. The lowest BCUT2D eigenvalue weighted by atomic mass is 10.2. The van der Waals surface area contributed by atoms with Gasteiger partial charge in [-0.1, -0.05) is 24.3 Å². The van der Waals surface area contributed by atoms with Crippen molar-refractivity contribution in [3.8, 4) is 0 Å². The number of fused-ring (bicyclic) bond motifs is 1. The number of anilines is 2. The molecular formula is C18H18F2N2O3S. The van der Waals surface area contributed by atoms with E-state index in [9.17, 15) is 22.0 Å². The molecule has 26 heavy (non-hydrogen) atoms. The summed E-state index contributed by atoms with van der Waals surface area (Å²) in [5.74, 6) is -2.27. The fraction of sp³-hybridized carbons (Fsp3) is 0.278. The monoisotopic (exact) mass is 380 g/mol. The van der Waals surface area contributed by atoms with Crippen molar-refractivity contribution in [2.45, 2.75) is 12.8 Å². The highest BCUT2D eigenvalue weighted by molar-refractivity contribution is 7.92. The molecule has 1 aliphatic heterocycles. The number of para-hydroxylation sites is 2. The Hall–Kier alpha value is -2.48. The summed E-state index contributed by atoms with van der Waals surface area (Å²) in [5, 5.41) is 0. The van der Waals surface area contributed by atoms with Crippen LogP contribution in [0.4, 0.5) is 20.2 Å². The Morgan fingerprint density at radius 1 is 1.12 bits per heavy atom. The Balaban J connectivity index is 1.81. The van der Waals surface area contributed by atoms with E-state index < -0.39 is 27.3 Å². The van der Waals surface area contributed by atoms with Gasteiger partial charge in [0.05, 0.1) is 6.26 Å². The van der Waals surface area contributed by atoms with Gasteiger partial charge in [-0.2, -0.15) is 0 Å². The fourth-order valence-corrected chi connectivity index (χ4v) is 4.03. The molecule has 3 rings (SSSR count). The van der Waals surface area contributed by atoms with Gasteiger partial charge in [0.15, 0.2) is 11.6 Å². The molecule has 2 aromatic carbocycles. The van der Waals surface area contributed by atoms with E-state index in [0.29, 0.717) is 10.8 Å². The number of carbonyl (C=O) groups excluding carboxylic acids is 1. The molecule has 1 aliphatic rings. The summed E-state index contributed by atoms with van der Waals surface area (Å²) in [7, 11) is -3.96. The van der Waals surface area contributed by atoms with Gasteiger partial charge in [-0.25, -0.2) is 17.2 Å². The Bertz CT molecular complexity index is 927. The molecule has 0 atom stereocenters. The third-order valence-corrected chi connectivity index (χ3v) is 5.47. The summed E-state index contributed by atoms with van der Waals surface area (Å²) in [5.41, 5.74) is 1.17. The SMILES string of the molecule is CS(=O)(=O)N(CCC(=O)N1CCc2ccccc21)c1c(F)cccc1F. The molecule has 2 aromatic rings. The van der Waals surface area contributed by atoms with E-state index in [2.05, 4.69) is 0 Å². The lowest BCUT2D eigenvalue weighted by Gasteiger charge is -2.24. The van der Waals surface area contributed by atoms with Crippen molar-refractivity contribution in [1.29, 1.82) is 0 Å². The molecule has 1 amide bonds. The van der Waals surface area contributed by atoms with Crippen molar-refractivity contribution >= 4 is 27.3 Å². The molecule has 138 valence electrons. The van der Waals surface area contributed by atoms with Crippen LogP contribution < -0.4 is 9.21 Å². The molecule has 0 unspecified atom stereocenters. The minimum absolute atomic E-state index is 0.185. The standard InChI is InChI=1S/C18H18F2N2O3S/c1-26(24,25)22(18-14(19)6-4-7-15(18)20)12-10-17(23)21-11-9-13-5-2-3-8-16(13)21/h2-8H,9-12H2,1H3. The minimum Gasteiger partial charge on any atom is -0.312 e. The summed E-state index contributed by atoms with van der Waals surface area (Å²) < 4.78 is 52.7. The number of sulfonamides is 1. The van der Waals surface area contributed by atoms with Crippen molar-refractivity contribution in [2.24, 2.45) is 0 Å². The van der Waals surface area contributed by atoms with Crippen LogP contribution in [0, 0.1) is 11.6 Å².